The molecule has 2 heterocycles. The Balaban J connectivity index is 2.05. The van der Waals surface area contributed by atoms with Crippen LogP contribution in [-0.4, -0.2) is 40.1 Å². The van der Waals surface area contributed by atoms with Crippen molar-refractivity contribution in [3.8, 4) is 11.1 Å². The average molecular weight is 453 g/mol. The number of ether oxygens (including phenoxy) is 2. The Morgan fingerprint density at radius 1 is 1.25 bits per heavy atom. The number of esters is 1. The van der Waals surface area contributed by atoms with E-state index in [1.807, 2.05) is 0 Å². The Bertz CT molecular complexity index is 1160. The number of benzene rings is 1. The lowest BCUT2D eigenvalue weighted by molar-refractivity contribution is -0.192. The minimum atomic E-state index is -3.79. The van der Waals surface area contributed by atoms with Crippen molar-refractivity contribution in [2.24, 2.45) is 0 Å². The Labute approximate surface area is 181 Å². The number of hydrogen-bond acceptors (Lipinski definition) is 6. The van der Waals surface area contributed by atoms with E-state index in [1.165, 1.54) is 19.2 Å². The number of nitrogens with zero attached hydrogens (tertiary/aromatic N) is 1. The topological polar surface area (TPSA) is 90.9 Å². The van der Waals surface area contributed by atoms with Crippen LogP contribution in [0.3, 0.4) is 0 Å². The molecule has 0 aliphatic carbocycles. The standard InChI is InChI=1S/C22H22F3NO6/c1-5-30-19(27)18(24)22(25,29)17-8-12(11-31-17)15-10-26(20(28)32-21(2,3)4)16-9-13(23)6-7-14(15)16/h6-11,18,29H,5H2,1-4H3. The maximum atomic E-state index is 14.7. The van der Waals surface area contributed by atoms with Crippen molar-refractivity contribution in [3.63, 3.8) is 0 Å². The fraction of sp³-hybridized carbons (Fsp3) is 0.364. The zero-order valence-electron chi connectivity index (χ0n) is 17.8. The molecule has 0 bridgehead atoms. The van der Waals surface area contributed by atoms with Gasteiger partial charge in [0.1, 0.15) is 11.4 Å². The first-order chi connectivity index (χ1) is 14.8. The van der Waals surface area contributed by atoms with Crippen molar-refractivity contribution in [2.45, 2.75) is 45.3 Å². The van der Waals surface area contributed by atoms with Gasteiger partial charge < -0.3 is 19.0 Å². The van der Waals surface area contributed by atoms with E-state index >= 15 is 0 Å². The highest BCUT2D eigenvalue weighted by molar-refractivity contribution is 6.00. The van der Waals surface area contributed by atoms with Gasteiger partial charge in [-0.15, -0.1) is 0 Å². The summed E-state index contributed by atoms with van der Waals surface area (Å²) in [5.41, 5.74) is -0.213. The second kappa shape index (κ2) is 8.34. The molecule has 2 unspecified atom stereocenters. The highest BCUT2D eigenvalue weighted by atomic mass is 19.2. The third-order valence-corrected chi connectivity index (χ3v) is 4.44. The summed E-state index contributed by atoms with van der Waals surface area (Å²) in [7, 11) is 0. The van der Waals surface area contributed by atoms with Gasteiger partial charge in [0.15, 0.2) is 5.76 Å². The summed E-state index contributed by atoms with van der Waals surface area (Å²) >= 11 is 0. The molecule has 32 heavy (non-hydrogen) atoms. The van der Waals surface area contributed by atoms with Crippen molar-refractivity contribution >= 4 is 23.0 Å². The average Bonchev–Trinajstić information content (AvgIpc) is 3.31. The summed E-state index contributed by atoms with van der Waals surface area (Å²) < 4.78 is 58.5. The van der Waals surface area contributed by atoms with Crippen LogP contribution in [0.2, 0.25) is 0 Å². The molecule has 3 aromatic rings. The summed E-state index contributed by atoms with van der Waals surface area (Å²) in [6, 6.07) is 4.65. The lowest BCUT2D eigenvalue weighted by atomic mass is 10.1. The molecule has 0 radical (unpaired) electrons. The first-order valence-corrected chi connectivity index (χ1v) is 9.70. The van der Waals surface area contributed by atoms with Crippen LogP contribution in [-0.2, 0) is 20.1 Å². The van der Waals surface area contributed by atoms with Gasteiger partial charge in [0.05, 0.1) is 18.4 Å². The van der Waals surface area contributed by atoms with Gasteiger partial charge in [0, 0.05) is 22.7 Å². The highest BCUT2D eigenvalue weighted by Crippen LogP contribution is 2.37. The Hall–Kier alpha value is -3.27. The molecule has 0 aliphatic rings. The number of fused-ring (bicyclic) bond motifs is 1. The van der Waals surface area contributed by atoms with Gasteiger partial charge in [-0.05, 0) is 52.0 Å². The number of furan rings is 1. The minimum absolute atomic E-state index is 0.144. The zero-order chi connectivity index (χ0) is 23.8. The molecule has 0 saturated heterocycles. The lowest BCUT2D eigenvalue weighted by Crippen LogP contribution is -2.38. The van der Waals surface area contributed by atoms with E-state index in [0.29, 0.717) is 10.9 Å². The molecule has 172 valence electrons. The molecule has 0 aliphatic heterocycles. The number of aromatic nitrogens is 1. The molecule has 10 heteroatoms. The number of alkyl halides is 2. The largest absolute Gasteiger partial charge is 0.464 e. The fourth-order valence-electron chi connectivity index (χ4n) is 3.05. The van der Waals surface area contributed by atoms with Gasteiger partial charge in [-0.25, -0.2) is 18.4 Å². The summed E-state index contributed by atoms with van der Waals surface area (Å²) in [6.07, 6.45) is -1.49. The SMILES string of the molecule is CCOC(=O)C(F)C(O)(F)c1cc(-c2cn(C(=O)OC(C)(C)C)c3cc(F)ccc23)co1. The van der Waals surface area contributed by atoms with E-state index in [1.54, 1.807) is 20.8 Å². The fourth-order valence-corrected chi connectivity index (χ4v) is 3.05. The number of hydrogen-bond donors (Lipinski definition) is 1. The van der Waals surface area contributed by atoms with E-state index in [2.05, 4.69) is 4.74 Å². The van der Waals surface area contributed by atoms with E-state index in [-0.39, 0.29) is 17.7 Å². The summed E-state index contributed by atoms with van der Waals surface area (Å²) in [6.45, 7) is 6.19. The van der Waals surface area contributed by atoms with E-state index in [4.69, 9.17) is 9.15 Å². The number of carbonyl (C=O) groups excluding carboxylic acids is 2. The van der Waals surface area contributed by atoms with Crippen molar-refractivity contribution in [1.29, 1.82) is 0 Å². The molecule has 7 nitrogen and oxygen atoms in total. The Morgan fingerprint density at radius 2 is 1.94 bits per heavy atom. The minimum Gasteiger partial charge on any atom is -0.464 e. The van der Waals surface area contributed by atoms with Crippen LogP contribution in [0.25, 0.3) is 22.0 Å². The molecular weight excluding hydrogens is 431 g/mol. The number of rotatable bonds is 5. The highest BCUT2D eigenvalue weighted by Gasteiger charge is 2.48. The molecule has 1 aromatic carbocycles. The van der Waals surface area contributed by atoms with Gasteiger partial charge >= 0.3 is 17.9 Å². The molecule has 2 atom stereocenters. The zero-order valence-corrected chi connectivity index (χ0v) is 17.8. The molecule has 0 amide bonds. The van der Waals surface area contributed by atoms with Crippen molar-refractivity contribution < 1.29 is 41.8 Å². The molecule has 0 fully saturated rings. The van der Waals surface area contributed by atoms with Crippen LogP contribution < -0.4 is 0 Å². The molecular formula is C22H22F3NO6. The number of aliphatic hydroxyl groups is 1. The van der Waals surface area contributed by atoms with Gasteiger partial charge in [-0.2, -0.15) is 4.39 Å². The molecule has 2 aromatic heterocycles. The maximum absolute atomic E-state index is 14.7. The molecule has 1 N–H and O–H groups in total. The third kappa shape index (κ3) is 4.50. The number of carbonyl (C=O) groups is 2. The van der Waals surface area contributed by atoms with Crippen molar-refractivity contribution in [1.82, 2.24) is 4.57 Å². The van der Waals surface area contributed by atoms with Crippen LogP contribution >= 0.6 is 0 Å². The van der Waals surface area contributed by atoms with Gasteiger partial charge in [0.2, 0.25) is 0 Å². The molecule has 0 saturated carbocycles. The third-order valence-electron chi connectivity index (χ3n) is 4.44. The normalized spacial score (nSPS) is 14.8. The van der Waals surface area contributed by atoms with Gasteiger partial charge in [-0.3, -0.25) is 4.57 Å². The summed E-state index contributed by atoms with van der Waals surface area (Å²) in [5, 5.41) is 10.3. The monoisotopic (exact) mass is 453 g/mol. The van der Waals surface area contributed by atoms with Gasteiger partial charge in [-0.1, -0.05) is 0 Å². The predicted octanol–water partition coefficient (Wildman–Crippen LogP) is 4.84. The first kappa shape index (κ1) is 23.4. The Kier molecular flexibility index (Phi) is 6.10. The van der Waals surface area contributed by atoms with Crippen LogP contribution in [0.15, 0.2) is 41.1 Å². The van der Waals surface area contributed by atoms with Crippen LogP contribution in [0.4, 0.5) is 18.0 Å². The molecule has 3 rings (SSSR count). The van der Waals surface area contributed by atoms with Gasteiger partial charge in [0.25, 0.3) is 6.17 Å². The Morgan fingerprint density at radius 3 is 2.56 bits per heavy atom. The van der Waals surface area contributed by atoms with E-state index < -0.39 is 41.3 Å². The predicted molar refractivity (Wildman–Crippen MR) is 108 cm³/mol. The first-order valence-electron chi connectivity index (χ1n) is 9.70. The quantitative estimate of drug-likeness (QED) is 0.556. The maximum Gasteiger partial charge on any atom is 0.419 e. The van der Waals surface area contributed by atoms with E-state index in [9.17, 15) is 27.9 Å². The second-order valence-corrected chi connectivity index (χ2v) is 8.04. The van der Waals surface area contributed by atoms with Crippen molar-refractivity contribution in [3.05, 3.63) is 48.3 Å². The van der Waals surface area contributed by atoms with E-state index in [0.717, 1.165) is 29.0 Å². The van der Waals surface area contributed by atoms with Crippen LogP contribution in [0, 0.1) is 5.82 Å². The van der Waals surface area contributed by atoms with Crippen LogP contribution in [0.5, 0.6) is 0 Å². The number of halogens is 3. The second-order valence-electron chi connectivity index (χ2n) is 8.04. The van der Waals surface area contributed by atoms with Crippen molar-refractivity contribution in [2.75, 3.05) is 6.61 Å². The lowest BCUT2D eigenvalue weighted by Gasteiger charge is -2.19. The smallest absolute Gasteiger partial charge is 0.419 e. The van der Waals surface area contributed by atoms with Crippen LogP contribution in [0.1, 0.15) is 33.5 Å². The summed E-state index contributed by atoms with van der Waals surface area (Å²) in [4.78, 5) is 24.1. The summed E-state index contributed by atoms with van der Waals surface area (Å²) in [5.74, 6) is -6.87. The molecule has 0 spiro atoms.